The van der Waals surface area contributed by atoms with E-state index in [2.05, 4.69) is 35.4 Å². The fraction of sp³-hybridized carbons (Fsp3) is 0.200. The Morgan fingerprint density at radius 1 is 1.20 bits per heavy atom. The van der Waals surface area contributed by atoms with Gasteiger partial charge in [-0.05, 0) is 15.9 Å². The van der Waals surface area contributed by atoms with Gasteiger partial charge in [-0.25, -0.2) is 19.6 Å². The first kappa shape index (κ1) is 13.5. The van der Waals surface area contributed by atoms with E-state index >= 15 is 0 Å². The van der Waals surface area contributed by atoms with Gasteiger partial charge in [-0.15, -0.1) is 22.7 Å². The van der Waals surface area contributed by atoms with Crippen LogP contribution in [-0.2, 0) is 9.47 Å². The number of carbonyl (C=O) groups excluding carboxylic acids is 2. The van der Waals surface area contributed by atoms with Crippen LogP contribution in [0.15, 0.2) is 14.6 Å². The van der Waals surface area contributed by atoms with E-state index in [1.165, 1.54) is 14.2 Å². The standard InChI is InChI=1S/C5H4BrNO2S.C5H6N2O2S/c2*1-9-4(8)3-2-10-5(6)7-3/h2H,1H3;2H,1H3,(H2,6,7)/i2*2D. The molecule has 0 aliphatic heterocycles. The minimum atomic E-state index is -0.622. The van der Waals surface area contributed by atoms with E-state index in [-0.39, 0.29) is 27.2 Å². The molecular weight excluding hydrogens is 370 g/mol. The lowest BCUT2D eigenvalue weighted by molar-refractivity contribution is 0.0586. The zero-order valence-electron chi connectivity index (χ0n) is 12.3. The minimum Gasteiger partial charge on any atom is -0.464 e. The summed E-state index contributed by atoms with van der Waals surface area (Å²) in [5.74, 6) is -1.19. The lowest BCUT2D eigenvalue weighted by atomic mass is 10.5. The van der Waals surface area contributed by atoms with Gasteiger partial charge in [0.2, 0.25) is 0 Å². The third kappa shape index (κ3) is 4.87. The van der Waals surface area contributed by atoms with Crippen molar-refractivity contribution >= 4 is 55.7 Å². The number of aromatic nitrogens is 2. The first-order valence-electron chi connectivity index (χ1n) is 5.82. The number of rotatable bonds is 2. The van der Waals surface area contributed by atoms with Crippen LogP contribution in [0, 0.1) is 0 Å². The smallest absolute Gasteiger partial charge is 0.357 e. The van der Waals surface area contributed by atoms with Crippen LogP contribution in [0.2, 0.25) is 0 Å². The van der Waals surface area contributed by atoms with Crippen molar-refractivity contribution in [1.29, 1.82) is 0 Å². The second-order valence-electron chi connectivity index (χ2n) is 2.90. The lowest BCUT2D eigenvalue weighted by Crippen LogP contribution is -2.01. The summed E-state index contributed by atoms with van der Waals surface area (Å²) in [5, 5.41) is 0.355. The highest BCUT2D eigenvalue weighted by Gasteiger charge is 2.08. The molecule has 7 nitrogen and oxygen atoms in total. The second-order valence-corrected chi connectivity index (χ2v) is 5.80. The first-order valence-corrected chi connectivity index (χ1v) is 7.25. The summed E-state index contributed by atoms with van der Waals surface area (Å²) in [6.45, 7) is 0. The molecule has 108 valence electrons. The number of thiazole rings is 2. The van der Waals surface area contributed by atoms with Gasteiger partial charge in [0, 0.05) is 10.7 Å². The summed E-state index contributed by atoms with van der Waals surface area (Å²) in [4.78, 5) is 29.0. The Morgan fingerprint density at radius 3 is 2.05 bits per heavy atom. The highest BCUT2D eigenvalue weighted by Crippen LogP contribution is 2.16. The molecule has 0 saturated heterocycles. The number of anilines is 1. The summed E-state index contributed by atoms with van der Waals surface area (Å²) in [5.41, 5.74) is 5.29. The summed E-state index contributed by atoms with van der Waals surface area (Å²) in [6, 6.07) is 0. The van der Waals surface area contributed by atoms with Gasteiger partial charge in [0.15, 0.2) is 20.4 Å². The maximum absolute atomic E-state index is 10.8. The molecule has 2 heterocycles. The number of nitrogens with zero attached hydrogens (tertiary/aromatic N) is 2. The lowest BCUT2D eigenvalue weighted by Gasteiger charge is -1.89. The molecule has 10 heteroatoms. The third-order valence-electron chi connectivity index (χ3n) is 1.66. The van der Waals surface area contributed by atoms with Crippen LogP contribution < -0.4 is 5.73 Å². The Labute approximate surface area is 133 Å². The zero-order chi connectivity index (χ0) is 16.9. The van der Waals surface area contributed by atoms with Gasteiger partial charge in [0.05, 0.1) is 17.0 Å². The quantitative estimate of drug-likeness (QED) is 0.794. The fourth-order valence-corrected chi connectivity index (χ4v) is 2.18. The summed E-state index contributed by atoms with van der Waals surface area (Å²) >= 11 is 5.09. The monoisotopic (exact) mass is 381 g/mol. The normalized spacial score (nSPS) is 10.8. The molecule has 2 aromatic heterocycles. The van der Waals surface area contributed by atoms with Gasteiger partial charge >= 0.3 is 11.9 Å². The van der Waals surface area contributed by atoms with Crippen molar-refractivity contribution in [2.75, 3.05) is 20.0 Å². The molecule has 2 aromatic rings. The van der Waals surface area contributed by atoms with Crippen molar-refractivity contribution in [1.82, 2.24) is 9.97 Å². The molecule has 0 aromatic carbocycles. The fourth-order valence-electron chi connectivity index (χ4n) is 0.848. The zero-order valence-corrected chi connectivity index (χ0v) is 13.5. The van der Waals surface area contributed by atoms with Gasteiger partial charge in [0.1, 0.15) is 0 Å². The van der Waals surface area contributed by atoms with E-state index in [0.29, 0.717) is 3.92 Å². The van der Waals surface area contributed by atoms with Crippen LogP contribution in [0.4, 0.5) is 5.13 Å². The van der Waals surface area contributed by atoms with Crippen LogP contribution >= 0.6 is 38.6 Å². The van der Waals surface area contributed by atoms with Gasteiger partial charge in [-0.2, -0.15) is 0 Å². The van der Waals surface area contributed by atoms with E-state index in [9.17, 15) is 9.59 Å². The SMILES string of the molecule is [2H]c1sc(Br)nc1C(=O)OC.[2H]c1sc(N)nc1C(=O)OC. The van der Waals surface area contributed by atoms with E-state index < -0.39 is 11.9 Å². The summed E-state index contributed by atoms with van der Waals surface area (Å²) < 4.78 is 23.7. The molecule has 0 spiro atoms. The number of hydrogen-bond acceptors (Lipinski definition) is 9. The van der Waals surface area contributed by atoms with Gasteiger partial charge in [0.25, 0.3) is 0 Å². The number of nitrogen functional groups attached to an aromatic ring is 1. The molecule has 0 fully saturated rings. The number of carbonyl (C=O) groups is 2. The highest BCUT2D eigenvalue weighted by molar-refractivity contribution is 9.11. The van der Waals surface area contributed by atoms with Crippen LogP contribution in [0.3, 0.4) is 0 Å². The van der Waals surface area contributed by atoms with Crippen LogP contribution in [0.25, 0.3) is 0 Å². The molecule has 0 aliphatic rings. The van der Waals surface area contributed by atoms with Gasteiger partial charge in [-0.1, -0.05) is 0 Å². The highest BCUT2D eigenvalue weighted by atomic mass is 79.9. The number of esters is 2. The molecule has 0 atom stereocenters. The Hall–Kier alpha value is -1.52. The molecule has 0 saturated carbocycles. The van der Waals surface area contributed by atoms with Crippen molar-refractivity contribution in [3.8, 4) is 0 Å². The topological polar surface area (TPSA) is 104 Å². The molecule has 0 unspecified atom stereocenters. The molecule has 2 N–H and O–H groups in total. The molecular formula is C10H10BrN3O4S2. The number of methoxy groups -OCH3 is 2. The molecule has 20 heavy (non-hydrogen) atoms. The minimum absolute atomic E-state index is 0.0185. The van der Waals surface area contributed by atoms with E-state index in [4.69, 9.17) is 8.48 Å². The Balaban J connectivity index is 0.000000220. The molecule has 2 rings (SSSR count). The van der Waals surface area contributed by atoms with Gasteiger partial charge < -0.3 is 15.2 Å². The van der Waals surface area contributed by atoms with Crippen LogP contribution in [0.5, 0.6) is 0 Å². The van der Waals surface area contributed by atoms with Crippen LogP contribution in [-0.4, -0.2) is 36.1 Å². The van der Waals surface area contributed by atoms with E-state index in [1.54, 1.807) is 0 Å². The Morgan fingerprint density at radius 2 is 1.70 bits per heavy atom. The van der Waals surface area contributed by atoms with Crippen molar-refractivity contribution in [3.05, 3.63) is 26.0 Å². The van der Waals surface area contributed by atoms with E-state index in [0.717, 1.165) is 22.7 Å². The maximum atomic E-state index is 10.8. The van der Waals surface area contributed by atoms with Crippen molar-refractivity contribution in [2.45, 2.75) is 0 Å². The number of nitrogens with two attached hydrogens (primary N) is 1. The average Bonchev–Trinajstić information content (AvgIpc) is 2.99. The number of ether oxygens (including phenoxy) is 2. The van der Waals surface area contributed by atoms with E-state index in [1.807, 2.05) is 0 Å². The van der Waals surface area contributed by atoms with Gasteiger partial charge in [-0.3, -0.25) is 0 Å². The Kier molecular flexibility index (Phi) is 5.33. The average molecular weight is 382 g/mol. The van der Waals surface area contributed by atoms with Crippen molar-refractivity contribution < 1.29 is 21.8 Å². The van der Waals surface area contributed by atoms with Crippen LogP contribution in [0.1, 0.15) is 23.7 Å². The van der Waals surface area contributed by atoms with Crippen molar-refractivity contribution in [3.63, 3.8) is 0 Å². The molecule has 0 bridgehead atoms. The Bertz CT molecular complexity index is 634. The maximum Gasteiger partial charge on any atom is 0.357 e. The second kappa shape index (κ2) is 7.92. The summed E-state index contributed by atoms with van der Waals surface area (Å²) in [6.07, 6.45) is 0. The first-order chi connectivity index (χ1) is 10.3. The number of halogens is 1. The third-order valence-corrected chi connectivity index (χ3v) is 3.48. The predicted octanol–water partition coefficient (Wildman–Crippen LogP) is 2.20. The summed E-state index contributed by atoms with van der Waals surface area (Å²) in [7, 11) is 2.49. The van der Waals surface area contributed by atoms with Crippen molar-refractivity contribution in [2.24, 2.45) is 0 Å². The predicted molar refractivity (Wildman–Crippen MR) is 79.0 cm³/mol. The molecule has 0 radical (unpaired) electrons. The molecule has 0 amide bonds. The number of hydrogen-bond donors (Lipinski definition) is 1. The molecule has 0 aliphatic carbocycles. The largest absolute Gasteiger partial charge is 0.464 e.